The van der Waals surface area contributed by atoms with Gasteiger partial charge in [-0.25, -0.2) is 9.78 Å². The van der Waals surface area contributed by atoms with Crippen molar-refractivity contribution in [1.82, 2.24) is 9.88 Å². The van der Waals surface area contributed by atoms with Crippen LogP contribution >= 0.6 is 23.1 Å². The lowest BCUT2D eigenvalue weighted by Crippen LogP contribution is -2.32. The summed E-state index contributed by atoms with van der Waals surface area (Å²) in [4.78, 5) is 28.1. The third kappa shape index (κ3) is 3.02. The topological polar surface area (TPSA) is 70.5 Å². The maximum absolute atomic E-state index is 11.5. The van der Waals surface area contributed by atoms with E-state index in [-0.39, 0.29) is 11.6 Å². The van der Waals surface area contributed by atoms with Crippen LogP contribution in [0, 0.1) is 0 Å². The number of carboxylic acids is 1. The van der Waals surface area contributed by atoms with Crippen molar-refractivity contribution >= 4 is 35.0 Å². The minimum atomic E-state index is -0.999. The number of carbonyl (C=O) groups excluding carboxylic acids is 1. The van der Waals surface area contributed by atoms with E-state index >= 15 is 0 Å². The number of aromatic nitrogens is 1. The van der Waals surface area contributed by atoms with Gasteiger partial charge in [-0.1, -0.05) is 11.8 Å². The summed E-state index contributed by atoms with van der Waals surface area (Å²) in [5.74, 6) is -0.0299. The Morgan fingerprint density at radius 2 is 2.50 bits per heavy atom. The van der Waals surface area contributed by atoms with Gasteiger partial charge in [-0.3, -0.25) is 4.79 Å². The zero-order valence-corrected chi connectivity index (χ0v) is 11.6. The number of rotatable bonds is 5. The molecule has 1 aliphatic rings. The zero-order valence-electron chi connectivity index (χ0n) is 9.96. The lowest BCUT2D eigenvalue weighted by Gasteiger charge is -2.20. The first-order chi connectivity index (χ1) is 8.58. The fourth-order valence-electron chi connectivity index (χ4n) is 1.88. The molecule has 1 aromatic heterocycles. The molecule has 2 rings (SSSR count). The maximum Gasteiger partial charge on any atom is 0.355 e. The molecule has 1 saturated heterocycles. The number of carboxylic acid groups (broad SMARTS) is 1. The van der Waals surface area contributed by atoms with E-state index in [0.29, 0.717) is 19.0 Å². The summed E-state index contributed by atoms with van der Waals surface area (Å²) >= 11 is 2.83. The Balaban J connectivity index is 1.81. The standard InChI is InChI=1S/C11H14N2O3S2/c1-7-2-3-9(14)13(7)4-5-17-11-12-8(6-18-11)10(15)16/h6-7H,2-5H2,1H3,(H,15,16). The molecule has 0 radical (unpaired) electrons. The van der Waals surface area contributed by atoms with Gasteiger partial charge in [0.05, 0.1) is 0 Å². The summed E-state index contributed by atoms with van der Waals surface area (Å²) in [6.07, 6.45) is 1.58. The molecule has 1 N–H and O–H groups in total. The molecule has 0 aliphatic carbocycles. The molecule has 0 bridgehead atoms. The monoisotopic (exact) mass is 286 g/mol. The maximum atomic E-state index is 11.5. The van der Waals surface area contributed by atoms with Gasteiger partial charge in [-0.15, -0.1) is 11.3 Å². The molecule has 18 heavy (non-hydrogen) atoms. The van der Waals surface area contributed by atoms with Crippen molar-refractivity contribution in [2.24, 2.45) is 0 Å². The summed E-state index contributed by atoms with van der Waals surface area (Å²) in [6.45, 7) is 2.76. The first-order valence-corrected chi connectivity index (χ1v) is 7.55. The lowest BCUT2D eigenvalue weighted by atomic mass is 10.2. The quantitative estimate of drug-likeness (QED) is 0.838. The van der Waals surface area contributed by atoms with E-state index in [4.69, 9.17) is 5.11 Å². The Bertz CT molecular complexity index is 461. The highest BCUT2D eigenvalue weighted by Gasteiger charge is 2.26. The molecule has 1 atom stereocenters. The van der Waals surface area contributed by atoms with E-state index in [1.807, 2.05) is 4.90 Å². The van der Waals surface area contributed by atoms with Crippen LogP contribution in [0.4, 0.5) is 0 Å². The van der Waals surface area contributed by atoms with Gasteiger partial charge in [0.1, 0.15) is 0 Å². The number of likely N-dealkylation sites (tertiary alicyclic amines) is 1. The number of thiazole rings is 1. The van der Waals surface area contributed by atoms with Crippen LogP contribution in [0.2, 0.25) is 0 Å². The first kappa shape index (κ1) is 13.4. The molecule has 98 valence electrons. The number of carbonyl (C=O) groups is 2. The van der Waals surface area contributed by atoms with Gasteiger partial charge in [0.15, 0.2) is 10.0 Å². The van der Waals surface area contributed by atoms with Crippen molar-refractivity contribution in [3.8, 4) is 0 Å². The zero-order chi connectivity index (χ0) is 13.1. The van der Waals surface area contributed by atoms with Crippen LogP contribution in [0.5, 0.6) is 0 Å². The predicted molar refractivity (Wildman–Crippen MR) is 70.2 cm³/mol. The van der Waals surface area contributed by atoms with Crippen LogP contribution in [-0.4, -0.2) is 45.2 Å². The van der Waals surface area contributed by atoms with Gasteiger partial charge in [0, 0.05) is 30.1 Å². The highest BCUT2D eigenvalue weighted by atomic mass is 32.2. The van der Waals surface area contributed by atoms with Gasteiger partial charge in [-0.05, 0) is 13.3 Å². The van der Waals surface area contributed by atoms with Gasteiger partial charge in [0.25, 0.3) is 0 Å². The van der Waals surface area contributed by atoms with E-state index in [1.165, 1.54) is 28.5 Å². The Morgan fingerprint density at radius 3 is 3.06 bits per heavy atom. The van der Waals surface area contributed by atoms with Crippen molar-refractivity contribution in [1.29, 1.82) is 0 Å². The van der Waals surface area contributed by atoms with Gasteiger partial charge in [-0.2, -0.15) is 0 Å². The van der Waals surface area contributed by atoms with Crippen molar-refractivity contribution < 1.29 is 14.7 Å². The van der Waals surface area contributed by atoms with Gasteiger partial charge in [0.2, 0.25) is 5.91 Å². The summed E-state index contributed by atoms with van der Waals surface area (Å²) in [5, 5.41) is 10.3. The second-order valence-electron chi connectivity index (χ2n) is 4.13. The van der Waals surface area contributed by atoms with E-state index in [0.717, 1.165) is 16.5 Å². The summed E-state index contributed by atoms with van der Waals surface area (Å²) in [5.41, 5.74) is 0.0908. The SMILES string of the molecule is CC1CCC(=O)N1CCSc1nc(C(=O)O)cs1. The second kappa shape index (κ2) is 5.71. The molecule has 0 saturated carbocycles. The van der Waals surface area contributed by atoms with E-state index in [1.54, 1.807) is 0 Å². The average Bonchev–Trinajstić information content (AvgIpc) is 2.90. The van der Waals surface area contributed by atoms with E-state index in [2.05, 4.69) is 11.9 Å². The van der Waals surface area contributed by atoms with Crippen LogP contribution in [-0.2, 0) is 4.79 Å². The van der Waals surface area contributed by atoms with Gasteiger partial charge < -0.3 is 10.0 Å². The molecule has 1 aliphatic heterocycles. The van der Waals surface area contributed by atoms with Crippen molar-refractivity contribution in [2.75, 3.05) is 12.3 Å². The fraction of sp³-hybridized carbons (Fsp3) is 0.545. The minimum Gasteiger partial charge on any atom is -0.476 e. The second-order valence-corrected chi connectivity index (χ2v) is 6.33. The van der Waals surface area contributed by atoms with Crippen LogP contribution < -0.4 is 0 Å². The fourth-order valence-corrected chi connectivity index (χ4v) is 3.68. The largest absolute Gasteiger partial charge is 0.476 e. The smallest absolute Gasteiger partial charge is 0.355 e. The third-order valence-electron chi connectivity index (χ3n) is 2.89. The van der Waals surface area contributed by atoms with Crippen molar-refractivity contribution in [2.45, 2.75) is 30.1 Å². The normalized spacial score (nSPS) is 19.5. The molecule has 0 spiro atoms. The minimum absolute atomic E-state index is 0.0908. The number of nitrogens with zero attached hydrogens (tertiary/aromatic N) is 2. The molecular weight excluding hydrogens is 272 g/mol. The Morgan fingerprint density at radius 1 is 1.72 bits per heavy atom. The van der Waals surface area contributed by atoms with Crippen LogP contribution in [0.25, 0.3) is 0 Å². The van der Waals surface area contributed by atoms with Crippen molar-refractivity contribution in [3.63, 3.8) is 0 Å². The molecule has 5 nitrogen and oxygen atoms in total. The highest BCUT2D eigenvalue weighted by Crippen LogP contribution is 2.24. The molecule has 1 amide bonds. The lowest BCUT2D eigenvalue weighted by molar-refractivity contribution is -0.128. The molecule has 0 aromatic carbocycles. The van der Waals surface area contributed by atoms with E-state index < -0.39 is 5.97 Å². The number of hydrogen-bond donors (Lipinski definition) is 1. The van der Waals surface area contributed by atoms with Crippen LogP contribution in [0.15, 0.2) is 9.72 Å². The van der Waals surface area contributed by atoms with Crippen molar-refractivity contribution in [3.05, 3.63) is 11.1 Å². The van der Waals surface area contributed by atoms with Crippen LogP contribution in [0.1, 0.15) is 30.3 Å². The first-order valence-electron chi connectivity index (χ1n) is 5.69. The number of aromatic carboxylic acids is 1. The molecular formula is C11H14N2O3S2. The Hall–Kier alpha value is -1.08. The summed E-state index contributed by atoms with van der Waals surface area (Å²) in [7, 11) is 0. The van der Waals surface area contributed by atoms with Crippen LogP contribution in [0.3, 0.4) is 0 Å². The predicted octanol–water partition coefficient (Wildman–Crippen LogP) is 1.94. The Labute approximate surface area is 113 Å². The number of amides is 1. The van der Waals surface area contributed by atoms with E-state index in [9.17, 15) is 9.59 Å². The summed E-state index contributed by atoms with van der Waals surface area (Å²) in [6, 6.07) is 0.323. The molecule has 1 unspecified atom stereocenters. The Kier molecular flexibility index (Phi) is 4.23. The molecule has 2 heterocycles. The average molecular weight is 286 g/mol. The molecule has 1 fully saturated rings. The third-order valence-corrected chi connectivity index (χ3v) is 4.89. The molecule has 7 heteroatoms. The van der Waals surface area contributed by atoms with Gasteiger partial charge >= 0.3 is 5.97 Å². The number of hydrogen-bond acceptors (Lipinski definition) is 5. The highest BCUT2D eigenvalue weighted by molar-refractivity contribution is 8.01. The molecule has 1 aromatic rings. The summed E-state index contributed by atoms with van der Waals surface area (Å²) < 4.78 is 0.742. The number of thioether (sulfide) groups is 1.